The molecule has 1 rings (SSSR count). The molecule has 1 aliphatic carbocycles. The maximum atomic E-state index is 5.61. The molecule has 2 nitrogen and oxygen atoms in total. The van der Waals surface area contributed by atoms with Crippen molar-refractivity contribution in [2.75, 3.05) is 20.1 Å². The molecule has 0 unspecified atom stereocenters. The predicted molar refractivity (Wildman–Crippen MR) is 48.4 cm³/mol. The molecular weight excluding hydrogens is 136 g/mol. The molecule has 0 saturated heterocycles. The molecular formula is C9H20N2. The van der Waals surface area contributed by atoms with Crippen LogP contribution in [0, 0.1) is 11.8 Å². The molecule has 0 heterocycles. The Morgan fingerprint density at radius 3 is 2.18 bits per heavy atom. The lowest BCUT2D eigenvalue weighted by Gasteiger charge is -2.27. The summed E-state index contributed by atoms with van der Waals surface area (Å²) in [6.45, 7) is 2.09. The van der Waals surface area contributed by atoms with Crippen molar-refractivity contribution in [3.63, 3.8) is 0 Å². The molecule has 0 amide bonds. The molecule has 66 valence electrons. The third-order valence-corrected chi connectivity index (χ3v) is 2.79. The van der Waals surface area contributed by atoms with Gasteiger partial charge < -0.3 is 11.1 Å². The van der Waals surface area contributed by atoms with E-state index in [4.69, 9.17) is 5.73 Å². The largest absolute Gasteiger partial charge is 0.330 e. The molecule has 0 radical (unpaired) electrons. The van der Waals surface area contributed by atoms with Crippen molar-refractivity contribution in [1.82, 2.24) is 5.32 Å². The first-order valence-electron chi connectivity index (χ1n) is 4.71. The van der Waals surface area contributed by atoms with Crippen molar-refractivity contribution in [3.05, 3.63) is 0 Å². The number of hydrogen-bond donors (Lipinski definition) is 2. The molecule has 1 saturated carbocycles. The van der Waals surface area contributed by atoms with Crippen LogP contribution in [-0.2, 0) is 0 Å². The predicted octanol–water partition coefficient (Wildman–Crippen LogP) is 0.971. The average molecular weight is 156 g/mol. The van der Waals surface area contributed by atoms with E-state index in [1.165, 1.54) is 32.2 Å². The summed E-state index contributed by atoms with van der Waals surface area (Å²) in [5, 5.41) is 3.24. The van der Waals surface area contributed by atoms with Crippen LogP contribution < -0.4 is 11.1 Å². The van der Waals surface area contributed by atoms with Crippen LogP contribution in [-0.4, -0.2) is 20.1 Å². The van der Waals surface area contributed by atoms with E-state index >= 15 is 0 Å². The first-order chi connectivity index (χ1) is 5.36. The highest BCUT2D eigenvalue weighted by atomic mass is 14.8. The molecule has 3 N–H and O–H groups in total. The van der Waals surface area contributed by atoms with Crippen molar-refractivity contribution in [2.24, 2.45) is 17.6 Å². The number of nitrogens with two attached hydrogens (primary N) is 1. The van der Waals surface area contributed by atoms with E-state index in [0.29, 0.717) is 0 Å². The molecule has 11 heavy (non-hydrogen) atoms. The topological polar surface area (TPSA) is 38.0 Å². The monoisotopic (exact) mass is 156 g/mol. The summed E-state index contributed by atoms with van der Waals surface area (Å²) in [6, 6.07) is 0. The summed E-state index contributed by atoms with van der Waals surface area (Å²) in [6.07, 6.45) is 5.46. The quantitative estimate of drug-likeness (QED) is 0.639. The molecule has 0 atom stereocenters. The van der Waals surface area contributed by atoms with Gasteiger partial charge in [0.25, 0.3) is 0 Å². The third kappa shape index (κ3) is 2.80. The lowest BCUT2D eigenvalue weighted by Crippen LogP contribution is -2.26. The van der Waals surface area contributed by atoms with Gasteiger partial charge in [-0.2, -0.15) is 0 Å². The van der Waals surface area contributed by atoms with Crippen LogP contribution in [0.15, 0.2) is 0 Å². The number of nitrogens with one attached hydrogen (secondary N) is 1. The van der Waals surface area contributed by atoms with E-state index in [2.05, 4.69) is 5.32 Å². The van der Waals surface area contributed by atoms with Crippen LogP contribution in [0.25, 0.3) is 0 Å². The van der Waals surface area contributed by atoms with E-state index in [0.717, 1.165) is 18.4 Å². The first-order valence-corrected chi connectivity index (χ1v) is 4.71. The highest BCUT2D eigenvalue weighted by molar-refractivity contribution is 4.73. The minimum Gasteiger partial charge on any atom is -0.330 e. The van der Waals surface area contributed by atoms with Gasteiger partial charge in [-0.25, -0.2) is 0 Å². The lowest BCUT2D eigenvalue weighted by atomic mass is 9.82. The standard InChI is InChI=1S/C9H20N2/c1-11-7-9-4-2-8(6-10)3-5-9/h8-9,11H,2-7,10H2,1H3/t8-,9-. The highest BCUT2D eigenvalue weighted by Gasteiger charge is 2.18. The van der Waals surface area contributed by atoms with Gasteiger partial charge in [0.15, 0.2) is 0 Å². The van der Waals surface area contributed by atoms with E-state index in [-0.39, 0.29) is 0 Å². The minimum atomic E-state index is 0.822. The zero-order valence-corrected chi connectivity index (χ0v) is 7.47. The van der Waals surface area contributed by atoms with Crippen molar-refractivity contribution in [1.29, 1.82) is 0 Å². The first kappa shape index (κ1) is 9.01. The van der Waals surface area contributed by atoms with Gasteiger partial charge in [0, 0.05) is 0 Å². The maximum absolute atomic E-state index is 5.61. The Morgan fingerprint density at radius 1 is 1.18 bits per heavy atom. The zero-order valence-electron chi connectivity index (χ0n) is 7.47. The highest BCUT2D eigenvalue weighted by Crippen LogP contribution is 2.27. The fourth-order valence-electron chi connectivity index (χ4n) is 1.96. The lowest BCUT2D eigenvalue weighted by molar-refractivity contribution is 0.276. The van der Waals surface area contributed by atoms with E-state index < -0.39 is 0 Å². The Hall–Kier alpha value is -0.0800. The van der Waals surface area contributed by atoms with Gasteiger partial charge in [-0.05, 0) is 57.7 Å². The van der Waals surface area contributed by atoms with Crippen LogP contribution in [0.4, 0.5) is 0 Å². The smallest absolute Gasteiger partial charge is 0.00235 e. The Bertz CT molecular complexity index is 95.7. The zero-order chi connectivity index (χ0) is 8.10. The van der Waals surface area contributed by atoms with Gasteiger partial charge in [0.2, 0.25) is 0 Å². The summed E-state index contributed by atoms with van der Waals surface area (Å²) in [5.41, 5.74) is 5.61. The van der Waals surface area contributed by atoms with Gasteiger partial charge in [0.05, 0.1) is 0 Å². The van der Waals surface area contributed by atoms with Gasteiger partial charge in [-0.3, -0.25) is 0 Å². The molecule has 1 fully saturated rings. The van der Waals surface area contributed by atoms with Crippen LogP contribution >= 0.6 is 0 Å². The summed E-state index contributed by atoms with van der Waals surface area (Å²) in [4.78, 5) is 0. The number of rotatable bonds is 3. The molecule has 0 bridgehead atoms. The fraction of sp³-hybridized carbons (Fsp3) is 1.00. The van der Waals surface area contributed by atoms with Gasteiger partial charge in [0.1, 0.15) is 0 Å². The Kier molecular flexibility index (Phi) is 3.87. The fourth-order valence-corrected chi connectivity index (χ4v) is 1.96. The SMILES string of the molecule is CNC[C@H]1CC[C@H](CN)CC1. The number of hydrogen-bond acceptors (Lipinski definition) is 2. The van der Waals surface area contributed by atoms with Crippen molar-refractivity contribution >= 4 is 0 Å². The average Bonchev–Trinajstić information content (AvgIpc) is 2.07. The van der Waals surface area contributed by atoms with Crippen LogP contribution in [0.5, 0.6) is 0 Å². The van der Waals surface area contributed by atoms with Crippen molar-refractivity contribution in [3.8, 4) is 0 Å². The summed E-state index contributed by atoms with van der Waals surface area (Å²) in [7, 11) is 2.04. The summed E-state index contributed by atoms with van der Waals surface area (Å²) < 4.78 is 0. The molecule has 0 aromatic heterocycles. The second kappa shape index (κ2) is 4.73. The molecule has 0 spiro atoms. The third-order valence-electron chi connectivity index (χ3n) is 2.79. The molecule has 1 aliphatic rings. The Labute approximate surface area is 69.5 Å². The minimum absolute atomic E-state index is 0.822. The molecule has 0 aliphatic heterocycles. The van der Waals surface area contributed by atoms with E-state index in [1.807, 2.05) is 7.05 Å². The summed E-state index contributed by atoms with van der Waals surface area (Å²) >= 11 is 0. The van der Waals surface area contributed by atoms with Crippen LogP contribution in [0.2, 0.25) is 0 Å². The maximum Gasteiger partial charge on any atom is -0.00235 e. The van der Waals surface area contributed by atoms with Crippen LogP contribution in [0.3, 0.4) is 0 Å². The molecule has 0 aromatic rings. The molecule has 2 heteroatoms. The Balaban J connectivity index is 2.14. The van der Waals surface area contributed by atoms with Crippen LogP contribution in [0.1, 0.15) is 25.7 Å². The van der Waals surface area contributed by atoms with Gasteiger partial charge in [-0.1, -0.05) is 0 Å². The normalized spacial score (nSPS) is 32.2. The Morgan fingerprint density at radius 2 is 1.73 bits per heavy atom. The van der Waals surface area contributed by atoms with E-state index in [1.54, 1.807) is 0 Å². The van der Waals surface area contributed by atoms with Crippen molar-refractivity contribution < 1.29 is 0 Å². The van der Waals surface area contributed by atoms with Crippen molar-refractivity contribution in [2.45, 2.75) is 25.7 Å². The second-order valence-corrected chi connectivity index (χ2v) is 3.68. The second-order valence-electron chi connectivity index (χ2n) is 3.68. The van der Waals surface area contributed by atoms with E-state index in [9.17, 15) is 0 Å². The van der Waals surface area contributed by atoms with Gasteiger partial charge in [-0.15, -0.1) is 0 Å². The van der Waals surface area contributed by atoms with Gasteiger partial charge >= 0.3 is 0 Å². The molecule has 0 aromatic carbocycles. The summed E-state index contributed by atoms with van der Waals surface area (Å²) in [5.74, 6) is 1.74.